The molecule has 2 bridgehead atoms. The van der Waals surface area contributed by atoms with Gasteiger partial charge in [0.05, 0.1) is 36.3 Å². The molecule has 1 spiro atoms. The van der Waals surface area contributed by atoms with Gasteiger partial charge >= 0.3 is 0 Å². The lowest BCUT2D eigenvalue weighted by molar-refractivity contribution is -0.145. The van der Waals surface area contributed by atoms with Crippen LogP contribution < -0.4 is 9.64 Å². The minimum atomic E-state index is -0.875. The smallest absolute Gasteiger partial charge is 0.251 e. The SMILES string of the molecule is C=CCN(CCC)C(=O)[C@@H]1[C@H]2C(=O)N([C@@H](CO)Cc3ccccc3)C(C(=O)N(CC=C)c3ccc(OC)cc3)C23S[C@@H]1CC3C. The van der Waals surface area contributed by atoms with Crippen LogP contribution in [0.1, 0.15) is 32.3 Å². The second kappa shape index (κ2) is 13.8. The molecule has 5 rings (SSSR count). The van der Waals surface area contributed by atoms with Gasteiger partial charge < -0.3 is 24.5 Å². The minimum absolute atomic E-state index is 0.000922. The Kier molecular flexibility index (Phi) is 10.1. The Morgan fingerprint density at radius 1 is 1.11 bits per heavy atom. The third-order valence-electron chi connectivity index (χ3n) is 9.74. The average molecular weight is 632 g/mol. The van der Waals surface area contributed by atoms with Gasteiger partial charge in [0.2, 0.25) is 11.8 Å². The highest BCUT2D eigenvalue weighted by Gasteiger charge is 2.77. The zero-order valence-corrected chi connectivity index (χ0v) is 27.3. The van der Waals surface area contributed by atoms with E-state index in [1.54, 1.807) is 57.9 Å². The second-order valence-corrected chi connectivity index (χ2v) is 13.9. The van der Waals surface area contributed by atoms with Gasteiger partial charge in [0.15, 0.2) is 0 Å². The van der Waals surface area contributed by atoms with Gasteiger partial charge in [0.25, 0.3) is 5.91 Å². The fraction of sp³-hybridized carbons (Fsp3) is 0.472. The van der Waals surface area contributed by atoms with E-state index in [1.165, 1.54) is 0 Å². The number of benzene rings is 2. The van der Waals surface area contributed by atoms with Crippen LogP contribution in [0.25, 0.3) is 0 Å². The summed E-state index contributed by atoms with van der Waals surface area (Å²) in [6.45, 7) is 12.8. The van der Waals surface area contributed by atoms with E-state index >= 15 is 4.79 Å². The second-order valence-electron chi connectivity index (χ2n) is 12.3. The Balaban J connectivity index is 1.63. The zero-order chi connectivity index (χ0) is 32.3. The first kappa shape index (κ1) is 32.8. The maximum absolute atomic E-state index is 15.1. The molecular formula is C36H45N3O5S. The van der Waals surface area contributed by atoms with Crippen molar-refractivity contribution in [1.82, 2.24) is 9.80 Å². The number of amides is 3. The number of nitrogens with zero attached hydrogens (tertiary/aromatic N) is 3. The first-order valence-electron chi connectivity index (χ1n) is 15.9. The molecular weight excluding hydrogens is 586 g/mol. The lowest BCUT2D eigenvalue weighted by Gasteiger charge is -2.42. The quantitative estimate of drug-likeness (QED) is 0.307. The summed E-state index contributed by atoms with van der Waals surface area (Å²) in [4.78, 5) is 49.3. The predicted molar refractivity (Wildman–Crippen MR) is 179 cm³/mol. The highest BCUT2D eigenvalue weighted by molar-refractivity contribution is 8.02. The molecule has 240 valence electrons. The van der Waals surface area contributed by atoms with Crippen LogP contribution >= 0.6 is 11.8 Å². The number of aliphatic hydroxyl groups excluding tert-OH is 1. The molecule has 3 aliphatic heterocycles. The van der Waals surface area contributed by atoms with Crippen LogP contribution in [0.5, 0.6) is 5.75 Å². The molecule has 0 aromatic heterocycles. The Morgan fingerprint density at radius 3 is 2.40 bits per heavy atom. The number of hydrogen-bond donors (Lipinski definition) is 1. The summed E-state index contributed by atoms with van der Waals surface area (Å²) in [6, 6.07) is 15.5. The summed E-state index contributed by atoms with van der Waals surface area (Å²) < 4.78 is 4.53. The van der Waals surface area contributed by atoms with Gasteiger partial charge in [-0.1, -0.05) is 56.3 Å². The monoisotopic (exact) mass is 631 g/mol. The van der Waals surface area contributed by atoms with Crippen LogP contribution in [-0.2, 0) is 20.8 Å². The Morgan fingerprint density at radius 2 is 1.80 bits per heavy atom. The van der Waals surface area contributed by atoms with E-state index in [2.05, 4.69) is 20.1 Å². The van der Waals surface area contributed by atoms with Crippen LogP contribution in [0.3, 0.4) is 0 Å². The van der Waals surface area contributed by atoms with Gasteiger partial charge in [-0.15, -0.1) is 24.9 Å². The first-order chi connectivity index (χ1) is 21.8. The molecule has 7 atom stereocenters. The molecule has 3 heterocycles. The number of methoxy groups -OCH3 is 1. The third kappa shape index (κ3) is 5.69. The summed E-state index contributed by atoms with van der Waals surface area (Å²) in [5.74, 6) is -1.04. The van der Waals surface area contributed by atoms with E-state index in [9.17, 15) is 14.7 Å². The highest BCUT2D eigenvalue weighted by Crippen LogP contribution is 2.69. The number of carbonyl (C=O) groups excluding carboxylic acids is 3. The van der Waals surface area contributed by atoms with Crippen molar-refractivity contribution in [1.29, 1.82) is 0 Å². The van der Waals surface area contributed by atoms with Crippen molar-refractivity contribution in [2.24, 2.45) is 17.8 Å². The molecule has 2 aromatic rings. The molecule has 0 saturated carbocycles. The van der Waals surface area contributed by atoms with Crippen molar-refractivity contribution in [2.75, 3.05) is 38.3 Å². The lowest BCUT2D eigenvalue weighted by Crippen LogP contribution is -2.59. The van der Waals surface area contributed by atoms with Crippen molar-refractivity contribution < 1.29 is 24.2 Å². The van der Waals surface area contributed by atoms with Crippen molar-refractivity contribution >= 4 is 35.2 Å². The number of aliphatic hydroxyl groups is 1. The average Bonchev–Trinajstić information content (AvgIpc) is 3.65. The number of carbonyl (C=O) groups is 3. The number of ether oxygens (including phenoxy) is 1. The van der Waals surface area contributed by atoms with E-state index in [4.69, 9.17) is 4.74 Å². The van der Waals surface area contributed by atoms with Crippen molar-refractivity contribution in [3.63, 3.8) is 0 Å². The molecule has 3 amide bonds. The summed E-state index contributed by atoms with van der Waals surface area (Å²) in [5.41, 5.74) is 1.62. The molecule has 0 aliphatic carbocycles. The summed E-state index contributed by atoms with van der Waals surface area (Å²) in [6.07, 6.45) is 5.32. The van der Waals surface area contributed by atoms with Gasteiger partial charge in [0.1, 0.15) is 11.8 Å². The standard InChI is InChI=1S/C36H45N3O5S/c1-6-18-37(19-7-2)33(41)30-29-21-24(4)36(45-29)31(30)34(42)39(27(23-40)22-25-12-10-9-11-13-25)32(36)35(43)38(20-8-3)26-14-16-28(44-5)17-15-26/h6,8-17,24,27,29-32,40H,1,3,7,18-23H2,2,4-5H3/t24?,27-,29-,30+,31+,32?,36?/m1/s1. The molecule has 9 heteroatoms. The number of fused-ring (bicyclic) bond motifs is 1. The van der Waals surface area contributed by atoms with E-state index in [0.29, 0.717) is 30.9 Å². The number of anilines is 1. The Bertz CT molecular complexity index is 1400. The van der Waals surface area contributed by atoms with Crippen LogP contribution in [0.15, 0.2) is 79.9 Å². The van der Waals surface area contributed by atoms with Crippen molar-refractivity contribution in [2.45, 2.75) is 55.2 Å². The van der Waals surface area contributed by atoms with E-state index < -0.39 is 28.7 Å². The van der Waals surface area contributed by atoms with Crippen LogP contribution in [0, 0.1) is 17.8 Å². The molecule has 3 fully saturated rings. The van der Waals surface area contributed by atoms with Gasteiger partial charge in [0, 0.05) is 30.6 Å². The Labute approximate surface area is 271 Å². The molecule has 8 nitrogen and oxygen atoms in total. The largest absolute Gasteiger partial charge is 0.497 e. The normalized spacial score (nSPS) is 27.2. The van der Waals surface area contributed by atoms with Gasteiger partial charge in [-0.25, -0.2) is 0 Å². The van der Waals surface area contributed by atoms with E-state index in [0.717, 1.165) is 18.4 Å². The maximum Gasteiger partial charge on any atom is 0.251 e. The topological polar surface area (TPSA) is 90.4 Å². The maximum atomic E-state index is 15.1. The molecule has 3 saturated heterocycles. The number of thioether (sulfide) groups is 1. The highest BCUT2D eigenvalue weighted by atomic mass is 32.2. The number of rotatable bonds is 14. The van der Waals surface area contributed by atoms with E-state index in [-0.39, 0.29) is 42.0 Å². The van der Waals surface area contributed by atoms with Gasteiger partial charge in [-0.2, -0.15) is 0 Å². The van der Waals surface area contributed by atoms with Gasteiger partial charge in [-0.3, -0.25) is 14.4 Å². The molecule has 3 unspecified atom stereocenters. The van der Waals surface area contributed by atoms with Crippen LogP contribution in [0.4, 0.5) is 5.69 Å². The van der Waals surface area contributed by atoms with Crippen molar-refractivity contribution in [3.05, 3.63) is 85.5 Å². The first-order valence-corrected chi connectivity index (χ1v) is 16.8. The third-order valence-corrected chi connectivity index (χ3v) is 11.8. The molecule has 1 N–H and O–H groups in total. The summed E-state index contributed by atoms with van der Waals surface area (Å²) >= 11 is 1.65. The van der Waals surface area contributed by atoms with Gasteiger partial charge in [-0.05, 0) is 55.0 Å². The Hall–Kier alpha value is -3.56. The number of likely N-dealkylation sites (tertiary alicyclic amines) is 1. The van der Waals surface area contributed by atoms with Crippen LogP contribution in [-0.4, -0.2) is 88.1 Å². The summed E-state index contributed by atoms with van der Waals surface area (Å²) in [7, 11) is 1.59. The molecule has 45 heavy (non-hydrogen) atoms. The fourth-order valence-electron chi connectivity index (χ4n) is 7.84. The molecule has 2 aromatic carbocycles. The molecule has 0 radical (unpaired) electrons. The summed E-state index contributed by atoms with van der Waals surface area (Å²) in [5, 5.41) is 10.8. The predicted octanol–water partition coefficient (Wildman–Crippen LogP) is 4.58. The fourth-order valence-corrected chi connectivity index (χ4v) is 10.2. The lowest BCUT2D eigenvalue weighted by atomic mass is 9.65. The van der Waals surface area contributed by atoms with Crippen LogP contribution in [0.2, 0.25) is 0 Å². The minimum Gasteiger partial charge on any atom is -0.497 e. The number of hydrogen-bond acceptors (Lipinski definition) is 6. The van der Waals surface area contributed by atoms with Crippen molar-refractivity contribution in [3.8, 4) is 5.75 Å². The van der Waals surface area contributed by atoms with E-state index in [1.807, 2.05) is 49.4 Å². The molecule has 3 aliphatic rings. The zero-order valence-electron chi connectivity index (χ0n) is 26.5.